The Morgan fingerprint density at radius 3 is 2.13 bits per heavy atom. The van der Waals surface area contributed by atoms with Crippen molar-refractivity contribution in [2.75, 3.05) is 6.61 Å². The van der Waals surface area contributed by atoms with Crippen molar-refractivity contribution in [1.29, 1.82) is 0 Å². The van der Waals surface area contributed by atoms with E-state index in [9.17, 15) is 5.11 Å². The van der Waals surface area contributed by atoms with Crippen LogP contribution in [-0.2, 0) is 0 Å². The molecular formula is C14H30O. The van der Waals surface area contributed by atoms with Crippen molar-refractivity contribution in [3.8, 4) is 0 Å². The summed E-state index contributed by atoms with van der Waals surface area (Å²) in [6.45, 7) is 9.47. The SMILES string of the molecule is CCCCC(C)CC(CO)C(C)CCC. The Kier molecular flexibility index (Phi) is 9.18. The summed E-state index contributed by atoms with van der Waals surface area (Å²) in [6.07, 6.45) is 7.65. The van der Waals surface area contributed by atoms with Crippen molar-refractivity contribution in [1.82, 2.24) is 0 Å². The van der Waals surface area contributed by atoms with Crippen LogP contribution in [-0.4, -0.2) is 11.7 Å². The molecule has 3 unspecified atom stereocenters. The largest absolute Gasteiger partial charge is 0.396 e. The van der Waals surface area contributed by atoms with E-state index >= 15 is 0 Å². The van der Waals surface area contributed by atoms with Gasteiger partial charge in [0.1, 0.15) is 0 Å². The van der Waals surface area contributed by atoms with Gasteiger partial charge in [0, 0.05) is 6.61 Å². The molecule has 0 saturated carbocycles. The maximum absolute atomic E-state index is 9.40. The van der Waals surface area contributed by atoms with Crippen LogP contribution >= 0.6 is 0 Å². The first-order chi connectivity index (χ1) is 7.15. The van der Waals surface area contributed by atoms with Crippen LogP contribution in [0.5, 0.6) is 0 Å². The molecule has 0 rings (SSSR count). The van der Waals surface area contributed by atoms with E-state index in [0.29, 0.717) is 18.4 Å². The van der Waals surface area contributed by atoms with Gasteiger partial charge in [-0.25, -0.2) is 0 Å². The number of rotatable bonds is 9. The van der Waals surface area contributed by atoms with E-state index in [0.717, 1.165) is 5.92 Å². The minimum atomic E-state index is 0.373. The van der Waals surface area contributed by atoms with Gasteiger partial charge < -0.3 is 5.11 Å². The van der Waals surface area contributed by atoms with Gasteiger partial charge in [-0.05, 0) is 24.2 Å². The Bertz CT molecular complexity index is 133. The molecule has 0 aromatic carbocycles. The molecule has 0 aliphatic heterocycles. The second kappa shape index (κ2) is 9.21. The van der Waals surface area contributed by atoms with Crippen LogP contribution < -0.4 is 0 Å². The molecule has 0 saturated heterocycles. The van der Waals surface area contributed by atoms with Crippen LogP contribution in [0.3, 0.4) is 0 Å². The molecule has 92 valence electrons. The third kappa shape index (κ3) is 6.94. The summed E-state index contributed by atoms with van der Waals surface area (Å²) in [7, 11) is 0. The minimum absolute atomic E-state index is 0.373. The molecule has 0 bridgehead atoms. The zero-order valence-corrected chi connectivity index (χ0v) is 11.1. The van der Waals surface area contributed by atoms with Crippen molar-refractivity contribution in [2.24, 2.45) is 17.8 Å². The summed E-state index contributed by atoms with van der Waals surface area (Å²) in [6, 6.07) is 0. The molecule has 1 nitrogen and oxygen atoms in total. The summed E-state index contributed by atoms with van der Waals surface area (Å²) >= 11 is 0. The van der Waals surface area contributed by atoms with E-state index in [1.165, 1.54) is 38.5 Å². The van der Waals surface area contributed by atoms with Crippen LogP contribution in [0.2, 0.25) is 0 Å². The van der Waals surface area contributed by atoms with Crippen molar-refractivity contribution in [3.63, 3.8) is 0 Å². The highest BCUT2D eigenvalue weighted by Crippen LogP contribution is 2.26. The third-order valence-corrected chi connectivity index (χ3v) is 3.54. The van der Waals surface area contributed by atoms with Crippen molar-refractivity contribution in [3.05, 3.63) is 0 Å². The molecule has 0 aromatic heterocycles. The average molecular weight is 214 g/mol. The standard InChI is InChI=1S/C14H30O/c1-5-7-9-12(3)10-14(11-15)13(4)8-6-2/h12-15H,5-11H2,1-4H3. The highest BCUT2D eigenvalue weighted by atomic mass is 16.3. The van der Waals surface area contributed by atoms with Crippen molar-refractivity contribution in [2.45, 2.75) is 66.2 Å². The number of hydrogen-bond donors (Lipinski definition) is 1. The molecule has 0 aliphatic rings. The van der Waals surface area contributed by atoms with Crippen LogP contribution in [0.4, 0.5) is 0 Å². The number of unbranched alkanes of at least 4 members (excludes halogenated alkanes) is 1. The fraction of sp³-hybridized carbons (Fsp3) is 1.00. The zero-order chi connectivity index (χ0) is 11.7. The van der Waals surface area contributed by atoms with Gasteiger partial charge in [-0.15, -0.1) is 0 Å². The lowest BCUT2D eigenvalue weighted by Crippen LogP contribution is -2.19. The first-order valence-electron chi connectivity index (χ1n) is 6.76. The Morgan fingerprint density at radius 2 is 1.67 bits per heavy atom. The molecule has 0 heterocycles. The summed E-state index contributed by atoms with van der Waals surface area (Å²) in [5.74, 6) is 1.99. The minimum Gasteiger partial charge on any atom is -0.396 e. The lowest BCUT2D eigenvalue weighted by Gasteiger charge is -2.24. The molecule has 0 amide bonds. The first-order valence-corrected chi connectivity index (χ1v) is 6.76. The first kappa shape index (κ1) is 15.0. The molecule has 0 fully saturated rings. The summed E-state index contributed by atoms with van der Waals surface area (Å²) in [5.41, 5.74) is 0. The Hall–Kier alpha value is -0.0400. The second-order valence-electron chi connectivity index (χ2n) is 5.19. The van der Waals surface area contributed by atoms with Gasteiger partial charge in [-0.1, -0.05) is 59.8 Å². The maximum atomic E-state index is 9.40. The second-order valence-corrected chi connectivity index (χ2v) is 5.19. The number of aliphatic hydroxyl groups is 1. The van der Waals surface area contributed by atoms with Crippen LogP contribution in [0.15, 0.2) is 0 Å². The molecule has 0 spiro atoms. The van der Waals surface area contributed by atoms with Gasteiger partial charge in [0.2, 0.25) is 0 Å². The lowest BCUT2D eigenvalue weighted by atomic mass is 9.83. The smallest absolute Gasteiger partial charge is 0.0461 e. The highest BCUT2D eigenvalue weighted by molar-refractivity contribution is 4.68. The Balaban J connectivity index is 3.85. The van der Waals surface area contributed by atoms with Crippen LogP contribution in [0.25, 0.3) is 0 Å². The van der Waals surface area contributed by atoms with E-state index in [1.54, 1.807) is 0 Å². The van der Waals surface area contributed by atoms with Crippen LogP contribution in [0.1, 0.15) is 66.2 Å². The molecule has 0 aromatic rings. The molecule has 0 aliphatic carbocycles. The maximum Gasteiger partial charge on any atom is 0.0461 e. The summed E-state index contributed by atoms with van der Waals surface area (Å²) in [4.78, 5) is 0. The number of aliphatic hydroxyl groups excluding tert-OH is 1. The summed E-state index contributed by atoms with van der Waals surface area (Å²) < 4.78 is 0. The van der Waals surface area contributed by atoms with E-state index in [1.807, 2.05) is 0 Å². The fourth-order valence-corrected chi connectivity index (χ4v) is 2.37. The van der Waals surface area contributed by atoms with Gasteiger partial charge >= 0.3 is 0 Å². The van der Waals surface area contributed by atoms with Gasteiger partial charge in [0.25, 0.3) is 0 Å². The third-order valence-electron chi connectivity index (χ3n) is 3.54. The van der Waals surface area contributed by atoms with Gasteiger partial charge in [0.15, 0.2) is 0 Å². The molecule has 15 heavy (non-hydrogen) atoms. The normalized spacial score (nSPS) is 17.4. The summed E-state index contributed by atoms with van der Waals surface area (Å²) in [5, 5.41) is 9.40. The highest BCUT2D eigenvalue weighted by Gasteiger charge is 2.18. The molecular weight excluding hydrogens is 184 g/mol. The average Bonchev–Trinajstić information content (AvgIpc) is 2.23. The van der Waals surface area contributed by atoms with Gasteiger partial charge in [-0.2, -0.15) is 0 Å². The van der Waals surface area contributed by atoms with E-state index < -0.39 is 0 Å². The topological polar surface area (TPSA) is 20.2 Å². The predicted molar refractivity (Wildman–Crippen MR) is 68.0 cm³/mol. The van der Waals surface area contributed by atoms with E-state index in [2.05, 4.69) is 27.7 Å². The number of hydrogen-bond acceptors (Lipinski definition) is 1. The molecule has 0 radical (unpaired) electrons. The Labute approximate surface area is 96.3 Å². The molecule has 1 N–H and O–H groups in total. The fourth-order valence-electron chi connectivity index (χ4n) is 2.37. The predicted octanol–water partition coefficient (Wildman–Crippen LogP) is 4.25. The van der Waals surface area contributed by atoms with Gasteiger partial charge in [-0.3, -0.25) is 0 Å². The monoisotopic (exact) mass is 214 g/mol. The zero-order valence-electron chi connectivity index (χ0n) is 11.1. The molecule has 1 heteroatoms. The van der Waals surface area contributed by atoms with Crippen molar-refractivity contribution >= 4 is 0 Å². The Morgan fingerprint density at radius 1 is 1.00 bits per heavy atom. The van der Waals surface area contributed by atoms with Gasteiger partial charge in [0.05, 0.1) is 0 Å². The lowest BCUT2D eigenvalue weighted by molar-refractivity contribution is 0.150. The van der Waals surface area contributed by atoms with E-state index in [4.69, 9.17) is 0 Å². The van der Waals surface area contributed by atoms with E-state index in [-0.39, 0.29) is 0 Å². The van der Waals surface area contributed by atoms with Crippen LogP contribution in [0, 0.1) is 17.8 Å². The molecule has 3 atom stereocenters. The van der Waals surface area contributed by atoms with Crippen molar-refractivity contribution < 1.29 is 5.11 Å². The quantitative estimate of drug-likeness (QED) is 0.608.